The summed E-state index contributed by atoms with van der Waals surface area (Å²) in [6.07, 6.45) is 0.815. The molecule has 0 saturated carbocycles. The van der Waals surface area contributed by atoms with Crippen LogP contribution in [0, 0.1) is 5.92 Å². The Morgan fingerprint density at radius 3 is 2.52 bits per heavy atom. The van der Waals surface area contributed by atoms with Gasteiger partial charge in [-0.1, -0.05) is 0 Å². The normalized spacial score (nSPS) is 17.2. The van der Waals surface area contributed by atoms with Gasteiger partial charge in [0.2, 0.25) is 15.9 Å². The third kappa shape index (κ3) is 4.53. The highest BCUT2D eigenvalue weighted by Crippen LogP contribution is 2.34. The van der Waals surface area contributed by atoms with Crippen LogP contribution in [-0.4, -0.2) is 58.0 Å². The summed E-state index contributed by atoms with van der Waals surface area (Å²) in [5, 5.41) is 3.36. The summed E-state index contributed by atoms with van der Waals surface area (Å²) in [7, 11) is -2.40. The maximum absolute atomic E-state index is 13.0. The Kier molecular flexibility index (Phi) is 6.17. The average molecular weight is 467 g/mol. The molecule has 0 spiro atoms. The van der Waals surface area contributed by atoms with Gasteiger partial charge in [0.15, 0.2) is 11.5 Å². The van der Waals surface area contributed by atoms with Crippen LogP contribution in [0.3, 0.4) is 0 Å². The number of rotatable bonds is 5. The molecule has 0 unspecified atom stereocenters. The Labute approximate surface area is 184 Å². The van der Waals surface area contributed by atoms with E-state index in [4.69, 9.17) is 9.47 Å². The minimum Gasteiger partial charge on any atom is -0.486 e. The predicted molar refractivity (Wildman–Crippen MR) is 113 cm³/mol. The summed E-state index contributed by atoms with van der Waals surface area (Å²) in [5.41, 5.74) is 0. The van der Waals surface area contributed by atoms with Crippen LogP contribution in [0.2, 0.25) is 0 Å². The fourth-order valence-electron chi connectivity index (χ4n) is 3.53. The topological polar surface area (TPSA) is 111 Å². The molecule has 3 heterocycles. The van der Waals surface area contributed by atoms with Crippen molar-refractivity contribution in [1.82, 2.24) is 4.31 Å². The molecule has 1 aromatic carbocycles. The van der Waals surface area contributed by atoms with E-state index in [1.54, 1.807) is 18.2 Å². The number of esters is 1. The van der Waals surface area contributed by atoms with E-state index in [1.165, 1.54) is 23.5 Å². The molecule has 166 valence electrons. The second kappa shape index (κ2) is 8.85. The summed E-state index contributed by atoms with van der Waals surface area (Å²) in [4.78, 5) is 24.7. The predicted octanol–water partition coefficient (Wildman–Crippen LogP) is 2.35. The molecule has 0 atom stereocenters. The van der Waals surface area contributed by atoms with Gasteiger partial charge in [-0.25, -0.2) is 13.2 Å². The Hall–Kier alpha value is -2.63. The molecule has 0 radical (unpaired) electrons. The summed E-state index contributed by atoms with van der Waals surface area (Å²) in [5.74, 6) is 0.00145. The first-order chi connectivity index (χ1) is 14.9. The van der Waals surface area contributed by atoms with Crippen LogP contribution in [0.15, 0.2) is 35.2 Å². The van der Waals surface area contributed by atoms with Crippen molar-refractivity contribution in [2.75, 3.05) is 38.7 Å². The zero-order chi connectivity index (χ0) is 22.0. The number of carbonyl (C=O) groups excluding carboxylic acids is 2. The molecule has 1 N–H and O–H groups in total. The number of sulfonamides is 1. The number of amides is 1. The monoisotopic (exact) mass is 466 g/mol. The van der Waals surface area contributed by atoms with Crippen LogP contribution in [-0.2, 0) is 19.6 Å². The van der Waals surface area contributed by atoms with Gasteiger partial charge >= 0.3 is 5.97 Å². The number of piperidine rings is 1. The SMILES string of the molecule is COC(=O)c1ccc(NC(=O)C2CCN(S(=O)(=O)c3ccc4c(c3)OCCO4)CC2)s1. The highest BCUT2D eigenvalue weighted by atomic mass is 32.2. The van der Waals surface area contributed by atoms with Crippen molar-refractivity contribution in [2.24, 2.45) is 5.92 Å². The average Bonchev–Trinajstić information content (AvgIpc) is 3.26. The Bertz CT molecular complexity index is 1090. The number of hydrogen-bond donors (Lipinski definition) is 1. The van der Waals surface area contributed by atoms with Crippen molar-refractivity contribution in [3.63, 3.8) is 0 Å². The first-order valence-corrected chi connectivity index (χ1v) is 12.0. The van der Waals surface area contributed by atoms with E-state index in [9.17, 15) is 18.0 Å². The molecule has 4 rings (SSSR count). The molecular formula is C20H22N2O7S2. The molecule has 1 aromatic heterocycles. The smallest absolute Gasteiger partial charge is 0.348 e. The molecule has 11 heteroatoms. The minimum atomic E-state index is -3.70. The van der Waals surface area contributed by atoms with Crippen molar-refractivity contribution in [3.8, 4) is 11.5 Å². The zero-order valence-corrected chi connectivity index (χ0v) is 18.5. The van der Waals surface area contributed by atoms with Gasteiger partial charge < -0.3 is 19.5 Å². The largest absolute Gasteiger partial charge is 0.486 e. The number of nitrogens with zero attached hydrogens (tertiary/aromatic N) is 1. The van der Waals surface area contributed by atoms with Gasteiger partial charge in [0.25, 0.3) is 0 Å². The Morgan fingerprint density at radius 2 is 1.81 bits per heavy atom. The van der Waals surface area contributed by atoms with Gasteiger partial charge in [0.1, 0.15) is 18.1 Å². The highest BCUT2D eigenvalue weighted by molar-refractivity contribution is 7.89. The Balaban J connectivity index is 1.37. The molecule has 2 aliphatic heterocycles. The molecule has 0 aliphatic carbocycles. The molecule has 31 heavy (non-hydrogen) atoms. The van der Waals surface area contributed by atoms with E-state index in [1.807, 2.05) is 0 Å². The van der Waals surface area contributed by atoms with Crippen LogP contribution in [0.25, 0.3) is 0 Å². The van der Waals surface area contributed by atoms with E-state index in [-0.39, 0.29) is 29.8 Å². The number of carbonyl (C=O) groups is 2. The standard InChI is InChI=1S/C20H22N2O7S2/c1-27-20(24)17-4-5-18(30-17)21-19(23)13-6-8-22(9-7-13)31(25,26)14-2-3-15-16(12-14)29-11-10-28-15/h2-5,12-13H,6-11H2,1H3,(H,21,23). The maximum atomic E-state index is 13.0. The van der Waals surface area contributed by atoms with E-state index in [2.05, 4.69) is 10.1 Å². The van der Waals surface area contributed by atoms with Crippen LogP contribution < -0.4 is 14.8 Å². The minimum absolute atomic E-state index is 0.147. The van der Waals surface area contributed by atoms with E-state index in [0.717, 1.165) is 11.3 Å². The number of anilines is 1. The van der Waals surface area contributed by atoms with Crippen molar-refractivity contribution >= 4 is 38.2 Å². The number of fused-ring (bicyclic) bond motifs is 1. The van der Waals surface area contributed by atoms with Gasteiger partial charge in [-0.05, 0) is 37.1 Å². The van der Waals surface area contributed by atoms with Crippen LogP contribution in [0.1, 0.15) is 22.5 Å². The molecule has 2 aromatic rings. The molecule has 1 amide bonds. The summed E-state index contributed by atoms with van der Waals surface area (Å²) < 4.78 is 43.0. The number of benzene rings is 1. The molecule has 1 saturated heterocycles. The molecule has 2 aliphatic rings. The van der Waals surface area contributed by atoms with Crippen molar-refractivity contribution < 1.29 is 32.2 Å². The van der Waals surface area contributed by atoms with Crippen LogP contribution >= 0.6 is 11.3 Å². The molecule has 9 nitrogen and oxygen atoms in total. The Morgan fingerprint density at radius 1 is 1.10 bits per heavy atom. The number of methoxy groups -OCH3 is 1. The number of nitrogens with one attached hydrogen (secondary N) is 1. The van der Waals surface area contributed by atoms with Gasteiger partial charge in [0, 0.05) is 25.1 Å². The van der Waals surface area contributed by atoms with Gasteiger partial charge in [-0.2, -0.15) is 4.31 Å². The van der Waals surface area contributed by atoms with Crippen LogP contribution in [0.4, 0.5) is 5.00 Å². The third-order valence-corrected chi connectivity index (χ3v) is 8.09. The second-order valence-corrected chi connectivity index (χ2v) is 10.2. The highest BCUT2D eigenvalue weighted by Gasteiger charge is 2.33. The first-order valence-electron chi connectivity index (χ1n) is 9.77. The van der Waals surface area contributed by atoms with Gasteiger partial charge in [0.05, 0.1) is 17.0 Å². The number of thiophene rings is 1. The fraction of sp³-hybridized carbons (Fsp3) is 0.400. The molecule has 1 fully saturated rings. The molecular weight excluding hydrogens is 444 g/mol. The fourth-order valence-corrected chi connectivity index (χ4v) is 5.84. The summed E-state index contributed by atoms with van der Waals surface area (Å²) in [6.45, 7) is 1.30. The lowest BCUT2D eigenvalue weighted by Crippen LogP contribution is -2.41. The first kappa shape index (κ1) is 21.6. The maximum Gasteiger partial charge on any atom is 0.348 e. The second-order valence-electron chi connectivity index (χ2n) is 7.13. The van der Waals surface area contributed by atoms with Gasteiger partial charge in [-0.15, -0.1) is 11.3 Å². The van der Waals surface area contributed by atoms with Crippen molar-refractivity contribution in [3.05, 3.63) is 35.2 Å². The number of ether oxygens (including phenoxy) is 3. The third-order valence-electron chi connectivity index (χ3n) is 5.22. The summed E-state index contributed by atoms with van der Waals surface area (Å²) in [6, 6.07) is 7.84. The quantitative estimate of drug-likeness (QED) is 0.673. The molecule has 0 bridgehead atoms. The van der Waals surface area contributed by atoms with Gasteiger partial charge in [-0.3, -0.25) is 4.79 Å². The van der Waals surface area contributed by atoms with E-state index in [0.29, 0.717) is 47.4 Å². The van der Waals surface area contributed by atoms with Crippen molar-refractivity contribution in [2.45, 2.75) is 17.7 Å². The lowest BCUT2D eigenvalue weighted by molar-refractivity contribution is -0.120. The lowest BCUT2D eigenvalue weighted by Gasteiger charge is -2.30. The zero-order valence-electron chi connectivity index (χ0n) is 16.8. The van der Waals surface area contributed by atoms with E-state index < -0.39 is 16.0 Å². The number of hydrogen-bond acceptors (Lipinski definition) is 8. The lowest BCUT2D eigenvalue weighted by atomic mass is 9.97. The summed E-state index contributed by atoms with van der Waals surface area (Å²) >= 11 is 1.14. The van der Waals surface area contributed by atoms with Crippen molar-refractivity contribution in [1.29, 1.82) is 0 Å². The van der Waals surface area contributed by atoms with Crippen LogP contribution in [0.5, 0.6) is 11.5 Å². The van der Waals surface area contributed by atoms with E-state index >= 15 is 0 Å².